The minimum atomic E-state index is -0.622. The number of carbonyl (C=O) groups excluding carboxylic acids is 4. The van der Waals surface area contributed by atoms with E-state index in [1.807, 2.05) is 160 Å². The lowest BCUT2D eigenvalue weighted by molar-refractivity contribution is 0.0934. The van der Waals surface area contributed by atoms with Crippen molar-refractivity contribution in [3.63, 3.8) is 0 Å². The molecule has 1 aliphatic heterocycles. The van der Waals surface area contributed by atoms with Gasteiger partial charge in [-0.1, -0.05) is 43.3 Å². The van der Waals surface area contributed by atoms with Crippen LogP contribution in [0.2, 0.25) is 0 Å². The number of hydrogen-bond acceptors (Lipinski definition) is 20. The number of pyridine rings is 4. The van der Waals surface area contributed by atoms with E-state index in [1.165, 1.54) is 6.42 Å². The summed E-state index contributed by atoms with van der Waals surface area (Å²) in [5.41, 5.74) is 15.3. The number of aryl methyl sites for hydroxylation is 2. The maximum absolute atomic E-state index is 13.4. The number of likely N-dealkylation sites (tertiary alicyclic amines) is 1. The minimum Gasteiger partial charge on any atom is -0.497 e. The zero-order valence-corrected chi connectivity index (χ0v) is 65.1. The molecule has 9 aromatic heterocycles. The van der Waals surface area contributed by atoms with E-state index in [9.17, 15) is 28.8 Å². The van der Waals surface area contributed by atoms with E-state index in [2.05, 4.69) is 94.0 Å². The second-order valence-corrected chi connectivity index (χ2v) is 27.0. The number of ether oxygens (including phenoxy) is 5. The van der Waals surface area contributed by atoms with Gasteiger partial charge in [0.2, 0.25) is 17.8 Å². The fourth-order valence-corrected chi connectivity index (χ4v) is 14.0. The van der Waals surface area contributed by atoms with Crippen molar-refractivity contribution in [3.05, 3.63) is 238 Å². The monoisotopic (exact) mass is 1550 g/mol. The van der Waals surface area contributed by atoms with E-state index in [0.717, 1.165) is 98.1 Å². The van der Waals surface area contributed by atoms with Crippen LogP contribution >= 0.6 is 0 Å². The summed E-state index contributed by atoms with van der Waals surface area (Å²) in [6, 6.07) is 47.1. The summed E-state index contributed by atoms with van der Waals surface area (Å²) in [5.74, 6) is 2.35. The van der Waals surface area contributed by atoms with E-state index >= 15 is 0 Å². The number of anilines is 3. The first-order chi connectivity index (χ1) is 55.8. The number of rotatable bonds is 22. The van der Waals surface area contributed by atoms with Crippen LogP contribution in [0, 0.1) is 13.8 Å². The standard InChI is InChI=1S/C30H29N5O4.C28H32N6O3.C27H26N8O4/c1-5-39-30(37)34-29-32-26-16-22(15-24(28(26)33-29)25-11-6-7-12-31-25)21-13-18(2)35(27(36)17-21)19(3)20-9-8-10-23(14-20)38-4;1-4-33-12-8-9-21(33)17-34-18(3)13-19(16-25(34)35)20-14-22(23-10-6-7-11-29-23)26-24(15-20)30-27(31-26)32-28(36)37-5-2;1-4-39-27(37)34-26-32-21-13-18(12-20(23(21)33-26)24-28-9-6-10-29-24)35-14-22(30-15-35)25(36)31-16(2)17-7-5-8-19(11-17)38-3/h6-17,19H,5H2,1-4H3,(H2,32,33,34,37);6-7,10-11,13-16,21H,4-5,8-9,12,17H2,1-3H3,(H2,30,31,32,36);5-16H,4H2,1-3H3,(H,31,36)(H2,32,33,34,37)/t;;16-/m..0/s1. The quantitative estimate of drug-likeness (QED) is 0.0310. The Morgan fingerprint density at radius 1 is 0.530 bits per heavy atom. The van der Waals surface area contributed by atoms with Crippen molar-refractivity contribution in [2.75, 3.05) is 63.1 Å². The molecule has 1 aliphatic rings. The topological polar surface area (TPSA) is 365 Å². The molecule has 30 heteroatoms. The summed E-state index contributed by atoms with van der Waals surface area (Å²) in [5, 5.41) is 10.8. The number of H-pyrrole nitrogens is 3. The third-order valence-corrected chi connectivity index (χ3v) is 19.5. The van der Waals surface area contributed by atoms with Crippen LogP contribution in [-0.4, -0.2) is 151 Å². The lowest BCUT2D eigenvalue weighted by atomic mass is 9.99. The number of benzene rings is 5. The number of aromatic nitrogens is 14. The number of likely N-dealkylation sites (N-methyl/N-ethyl adjacent to an activating group) is 1. The molecular weight excluding hydrogens is 1460 g/mol. The third kappa shape index (κ3) is 18.4. The number of aromatic amines is 3. The molecular formula is C85H87N19O11. The average molecular weight is 1550 g/mol. The van der Waals surface area contributed by atoms with Crippen LogP contribution in [0.3, 0.4) is 0 Å². The van der Waals surface area contributed by atoms with Gasteiger partial charge >= 0.3 is 18.3 Å². The van der Waals surface area contributed by atoms with Crippen LogP contribution in [0.25, 0.3) is 94.9 Å². The zero-order chi connectivity index (χ0) is 80.8. The summed E-state index contributed by atoms with van der Waals surface area (Å²) in [4.78, 5) is 123. The summed E-state index contributed by atoms with van der Waals surface area (Å²) in [7, 11) is 3.23. The van der Waals surface area contributed by atoms with Crippen LogP contribution in [-0.2, 0) is 20.8 Å². The highest BCUT2D eigenvalue weighted by atomic mass is 16.6. The van der Waals surface area contributed by atoms with Crippen LogP contribution < -0.4 is 41.9 Å². The van der Waals surface area contributed by atoms with E-state index < -0.39 is 18.3 Å². The summed E-state index contributed by atoms with van der Waals surface area (Å²) in [6.45, 7) is 18.7. The van der Waals surface area contributed by atoms with Gasteiger partial charge in [-0.05, 0) is 211 Å². The van der Waals surface area contributed by atoms with Crippen molar-refractivity contribution in [1.82, 2.24) is 78.7 Å². The summed E-state index contributed by atoms with van der Waals surface area (Å²) in [6.07, 6.45) is 10.4. The van der Waals surface area contributed by atoms with Crippen LogP contribution in [0.15, 0.2) is 199 Å². The number of imidazole rings is 4. The summed E-state index contributed by atoms with van der Waals surface area (Å²) >= 11 is 0. The number of methoxy groups -OCH3 is 2. The van der Waals surface area contributed by atoms with Crippen LogP contribution in [0.5, 0.6) is 11.5 Å². The molecule has 15 rings (SSSR count). The number of nitrogens with one attached hydrogen (secondary N) is 7. The molecule has 14 aromatic rings. The van der Waals surface area contributed by atoms with Crippen molar-refractivity contribution in [1.29, 1.82) is 0 Å². The molecule has 115 heavy (non-hydrogen) atoms. The maximum atomic E-state index is 13.4. The van der Waals surface area contributed by atoms with Crippen molar-refractivity contribution in [2.45, 2.75) is 92.9 Å². The third-order valence-electron chi connectivity index (χ3n) is 19.5. The molecule has 1 saturated heterocycles. The number of carbonyl (C=O) groups is 4. The second-order valence-electron chi connectivity index (χ2n) is 27.0. The van der Waals surface area contributed by atoms with Gasteiger partial charge in [0.25, 0.3) is 17.0 Å². The average Bonchev–Trinajstić information content (AvgIpc) is 1.68. The van der Waals surface area contributed by atoms with Crippen LogP contribution in [0.4, 0.5) is 32.2 Å². The number of fused-ring (bicyclic) bond motifs is 3. The first-order valence-corrected chi connectivity index (χ1v) is 37.6. The van der Waals surface area contributed by atoms with Gasteiger partial charge in [0.15, 0.2) is 5.82 Å². The Kier molecular flexibility index (Phi) is 24.6. The van der Waals surface area contributed by atoms with Crippen molar-refractivity contribution in [3.8, 4) is 73.3 Å². The Morgan fingerprint density at radius 2 is 1.03 bits per heavy atom. The van der Waals surface area contributed by atoms with Crippen molar-refractivity contribution >= 4 is 75.1 Å². The normalized spacial score (nSPS) is 13.0. The molecule has 588 valence electrons. The number of hydrogen-bond donors (Lipinski definition) is 7. The first kappa shape index (κ1) is 78.9. The second kappa shape index (κ2) is 35.9. The van der Waals surface area contributed by atoms with Gasteiger partial charge in [-0.15, -0.1) is 0 Å². The Balaban J connectivity index is 0.000000150. The number of amides is 4. The van der Waals surface area contributed by atoms with Crippen molar-refractivity contribution in [2.24, 2.45) is 0 Å². The molecule has 4 amide bonds. The van der Waals surface area contributed by atoms with Gasteiger partial charge in [0, 0.05) is 89.5 Å². The fourth-order valence-electron chi connectivity index (χ4n) is 14.0. The Bertz CT molecular complexity index is 5960. The molecule has 30 nitrogen and oxygen atoms in total. The smallest absolute Gasteiger partial charge is 0.413 e. The molecule has 0 radical (unpaired) electrons. The first-order valence-electron chi connectivity index (χ1n) is 37.6. The zero-order valence-electron chi connectivity index (χ0n) is 65.1. The molecule has 0 spiro atoms. The highest BCUT2D eigenvalue weighted by Gasteiger charge is 2.26. The van der Waals surface area contributed by atoms with E-state index in [-0.39, 0.29) is 72.5 Å². The molecule has 10 heterocycles. The van der Waals surface area contributed by atoms with Crippen LogP contribution in [0.1, 0.15) is 99.5 Å². The lowest BCUT2D eigenvalue weighted by Gasteiger charge is -2.24. The van der Waals surface area contributed by atoms with Gasteiger partial charge in [-0.25, -0.2) is 44.3 Å². The van der Waals surface area contributed by atoms with Gasteiger partial charge < -0.3 is 57.7 Å². The molecule has 7 N–H and O–H groups in total. The van der Waals surface area contributed by atoms with E-state index in [1.54, 1.807) is 99.6 Å². The lowest BCUT2D eigenvalue weighted by Crippen LogP contribution is -2.36. The summed E-state index contributed by atoms with van der Waals surface area (Å²) < 4.78 is 30.9. The van der Waals surface area contributed by atoms with Gasteiger partial charge in [-0.3, -0.25) is 45.2 Å². The molecule has 3 atom stereocenters. The SMILES string of the molecule is CCOC(=O)Nc1nc2c(-c3ccccn3)cc(-c3cc(C)n(C(C)c4cccc(OC)c4)c(=O)c3)cc2[nH]1.CCOC(=O)Nc1nc2c(-c3ccccn3)cc(-c3cc(C)n(CC4CCCN4CC)c(=O)c3)cc2[nH]1.CCOC(=O)Nc1nc2c(-c3ncccn3)cc(-n3cnc(C(=O)N[C@@H](C)c4cccc(OC)c4)c3)cc2[nH]1. The predicted molar refractivity (Wildman–Crippen MR) is 440 cm³/mol. The molecule has 0 aliphatic carbocycles. The highest BCUT2D eigenvalue weighted by molar-refractivity contribution is 6.00. The van der Waals surface area contributed by atoms with E-state index in [0.29, 0.717) is 63.0 Å². The Morgan fingerprint density at radius 3 is 1.55 bits per heavy atom. The van der Waals surface area contributed by atoms with Crippen molar-refractivity contribution < 1.29 is 42.9 Å². The predicted octanol–water partition coefficient (Wildman–Crippen LogP) is 15.0. The Labute approximate surface area is 660 Å². The largest absolute Gasteiger partial charge is 0.497 e. The fraction of sp³-hybridized carbons (Fsp3) is 0.247. The minimum absolute atomic E-state index is 0.00767. The maximum Gasteiger partial charge on any atom is 0.413 e. The molecule has 5 aromatic carbocycles. The molecule has 0 saturated carbocycles. The van der Waals surface area contributed by atoms with Gasteiger partial charge in [0.05, 0.1) is 85.1 Å². The Hall–Kier alpha value is -14.2. The molecule has 1 fully saturated rings. The van der Waals surface area contributed by atoms with E-state index in [4.69, 9.17) is 23.7 Å². The molecule has 2 unspecified atom stereocenters. The highest BCUT2D eigenvalue weighted by Crippen LogP contribution is 2.37. The van der Waals surface area contributed by atoms with Gasteiger partial charge in [0.1, 0.15) is 29.0 Å². The van der Waals surface area contributed by atoms with Gasteiger partial charge in [-0.2, -0.15) is 0 Å². The molecule has 0 bridgehead atoms. The number of nitrogens with zero attached hydrogens (tertiary/aromatic N) is 12.